The highest BCUT2D eigenvalue weighted by atomic mass is 28.3. The predicted octanol–water partition coefficient (Wildman–Crippen LogP) is 3.72. The lowest BCUT2D eigenvalue weighted by Crippen LogP contribution is -2.66. The first kappa shape index (κ1) is 34.5. The zero-order chi connectivity index (χ0) is 32.8. The highest BCUT2D eigenvalue weighted by Gasteiger charge is 2.60. The fourth-order valence-electron chi connectivity index (χ4n) is 4.90. The Balaban J connectivity index is 2.15. The maximum absolute atomic E-state index is 12.4. The molecule has 0 bridgehead atoms. The molecular weight excluding hydrogens is 584 g/mol. The minimum absolute atomic E-state index is 0.225. The van der Waals surface area contributed by atoms with Crippen LogP contribution in [-0.4, -0.2) is 68.1 Å². The van der Waals surface area contributed by atoms with E-state index < -0.39 is 68.8 Å². The van der Waals surface area contributed by atoms with Gasteiger partial charge in [0, 0.05) is 38.8 Å². The Morgan fingerprint density at radius 3 is 2.00 bits per heavy atom. The van der Waals surface area contributed by atoms with Crippen molar-refractivity contribution in [3.05, 3.63) is 70.3 Å². The van der Waals surface area contributed by atoms with Crippen molar-refractivity contribution in [3.8, 4) is 11.5 Å². The lowest BCUT2D eigenvalue weighted by Gasteiger charge is -2.49. The molecule has 0 aromatic heterocycles. The summed E-state index contributed by atoms with van der Waals surface area (Å²) in [5.74, 6) is -2.20. The van der Waals surface area contributed by atoms with Gasteiger partial charge in [-0.05, 0) is 36.6 Å². The Kier molecular flexibility index (Phi) is 11.1. The molecule has 0 aliphatic carbocycles. The van der Waals surface area contributed by atoms with E-state index in [1.165, 1.54) is 6.92 Å². The van der Waals surface area contributed by atoms with Gasteiger partial charge < -0.3 is 28.8 Å². The lowest BCUT2D eigenvalue weighted by molar-refractivity contribution is -0.360. The van der Waals surface area contributed by atoms with Gasteiger partial charge >= 0.3 is 23.9 Å². The summed E-state index contributed by atoms with van der Waals surface area (Å²) in [5, 5.41) is 12.4. The van der Waals surface area contributed by atoms with Crippen molar-refractivity contribution in [3.63, 3.8) is 0 Å². The molecule has 1 fully saturated rings. The summed E-state index contributed by atoms with van der Waals surface area (Å²) < 4.78 is 27.9. The van der Waals surface area contributed by atoms with Gasteiger partial charge in [0.15, 0.2) is 12.2 Å². The van der Waals surface area contributed by atoms with Crippen LogP contribution in [0, 0.1) is 18.4 Å². The number of aliphatic hydroxyl groups is 1. The van der Waals surface area contributed by atoms with E-state index in [0.717, 1.165) is 37.5 Å². The normalized spacial score (nSPS) is 23.0. The molecule has 44 heavy (non-hydrogen) atoms. The van der Waals surface area contributed by atoms with Crippen molar-refractivity contribution in [2.24, 2.45) is 0 Å². The monoisotopic (exact) mass is 624 g/mol. The third kappa shape index (κ3) is 9.26. The minimum Gasteiger partial charge on any atom is -0.463 e. The molecule has 1 N–H and O–H groups in total. The number of hydrogen-bond donors (Lipinski definition) is 1. The summed E-state index contributed by atoms with van der Waals surface area (Å²) >= 11 is 0. The van der Waals surface area contributed by atoms with E-state index in [9.17, 15) is 24.3 Å². The summed E-state index contributed by atoms with van der Waals surface area (Å²) in [7, 11) is -1.55. The number of benzene rings is 2. The molecular formula is C33H40O10Si. The van der Waals surface area contributed by atoms with Crippen LogP contribution < -0.4 is 0 Å². The Hall–Kier alpha value is -3.98. The SMILES string of the molecule is CC(=O)OC[C@H]1O[C@](O)(c2ccc(C)cc2Cc2ccc(C#C[Si](C)(C)C)cc2)[C@H](OC(C)=O)[C@@H](OC(C)=O)[C@@H]1OC(C)=O. The second-order valence-corrected chi connectivity index (χ2v) is 16.6. The van der Waals surface area contributed by atoms with Gasteiger partial charge in [-0.2, -0.15) is 0 Å². The van der Waals surface area contributed by atoms with Crippen LogP contribution in [0.15, 0.2) is 42.5 Å². The van der Waals surface area contributed by atoms with Gasteiger partial charge in [0.25, 0.3) is 0 Å². The number of esters is 4. The Bertz CT molecular complexity index is 1450. The predicted molar refractivity (Wildman–Crippen MR) is 163 cm³/mol. The van der Waals surface area contributed by atoms with Gasteiger partial charge in [-0.3, -0.25) is 19.2 Å². The standard InChI is InChI=1S/C33H40O10Si/c1-20-9-14-28(27(17-20)18-26-12-10-25(11-13-26)15-16-44(6,7)8)33(38)32(42-24(5)37)31(41-23(4)36)30(40-22(3)35)29(43-33)19-39-21(2)34/h9-14,17,29-32,38H,18-19H2,1-8H3/t29-,30-,31+,32-,33-/m1/s1. The van der Waals surface area contributed by atoms with Gasteiger partial charge in [0.05, 0.1) is 0 Å². The molecule has 5 atom stereocenters. The van der Waals surface area contributed by atoms with E-state index in [1.54, 1.807) is 12.1 Å². The quantitative estimate of drug-likeness (QED) is 0.200. The number of rotatable bonds is 8. The highest BCUT2D eigenvalue weighted by molar-refractivity contribution is 6.83. The smallest absolute Gasteiger partial charge is 0.303 e. The molecule has 1 aliphatic heterocycles. The topological polar surface area (TPSA) is 135 Å². The van der Waals surface area contributed by atoms with E-state index in [2.05, 4.69) is 31.1 Å². The molecule has 0 saturated carbocycles. The van der Waals surface area contributed by atoms with Crippen LogP contribution in [0.4, 0.5) is 0 Å². The molecule has 3 rings (SSSR count). The van der Waals surface area contributed by atoms with Crippen molar-refractivity contribution < 1.29 is 48.0 Å². The molecule has 1 saturated heterocycles. The second-order valence-electron chi connectivity index (χ2n) is 11.9. The summed E-state index contributed by atoms with van der Waals surface area (Å²) in [6, 6.07) is 13.0. The average molecular weight is 625 g/mol. The van der Waals surface area contributed by atoms with E-state index in [-0.39, 0.29) is 5.56 Å². The van der Waals surface area contributed by atoms with Crippen LogP contribution in [0.3, 0.4) is 0 Å². The highest BCUT2D eigenvalue weighted by Crippen LogP contribution is 2.42. The molecule has 1 heterocycles. The largest absolute Gasteiger partial charge is 0.463 e. The van der Waals surface area contributed by atoms with Crippen LogP contribution in [-0.2, 0) is 55.1 Å². The number of carbonyl (C=O) groups is 4. The van der Waals surface area contributed by atoms with Gasteiger partial charge in [0.1, 0.15) is 20.8 Å². The first-order valence-electron chi connectivity index (χ1n) is 14.3. The first-order valence-corrected chi connectivity index (χ1v) is 17.8. The Morgan fingerprint density at radius 1 is 0.864 bits per heavy atom. The fraction of sp³-hybridized carbons (Fsp3) is 0.455. The van der Waals surface area contributed by atoms with Crippen LogP contribution in [0.25, 0.3) is 0 Å². The number of carbonyl (C=O) groups excluding carboxylic acids is 4. The maximum atomic E-state index is 12.4. The zero-order valence-corrected chi connectivity index (χ0v) is 27.4. The summed E-state index contributed by atoms with van der Waals surface area (Å²) in [4.78, 5) is 48.4. The number of hydrogen-bond acceptors (Lipinski definition) is 10. The van der Waals surface area contributed by atoms with E-state index in [1.807, 2.05) is 37.3 Å². The van der Waals surface area contributed by atoms with Crippen molar-refractivity contribution in [2.75, 3.05) is 6.61 Å². The van der Waals surface area contributed by atoms with Gasteiger partial charge in [-0.15, -0.1) is 5.54 Å². The minimum atomic E-state index is -2.42. The molecule has 10 nitrogen and oxygen atoms in total. The molecule has 0 radical (unpaired) electrons. The molecule has 0 spiro atoms. The zero-order valence-electron chi connectivity index (χ0n) is 26.4. The van der Waals surface area contributed by atoms with Gasteiger partial charge in [0.2, 0.25) is 11.9 Å². The van der Waals surface area contributed by atoms with Crippen LogP contribution in [0.5, 0.6) is 0 Å². The van der Waals surface area contributed by atoms with E-state index in [4.69, 9.17) is 23.7 Å². The molecule has 0 unspecified atom stereocenters. The first-order chi connectivity index (χ1) is 20.5. The van der Waals surface area contributed by atoms with Crippen molar-refractivity contribution in [2.45, 2.75) is 90.9 Å². The molecule has 2 aromatic rings. The van der Waals surface area contributed by atoms with Crippen LogP contribution in [0.2, 0.25) is 19.6 Å². The molecule has 1 aliphatic rings. The molecule has 0 amide bonds. The third-order valence-corrected chi connectivity index (χ3v) is 7.51. The van der Waals surface area contributed by atoms with E-state index in [0.29, 0.717) is 12.0 Å². The Morgan fingerprint density at radius 2 is 1.45 bits per heavy atom. The number of ether oxygens (including phenoxy) is 5. The second kappa shape index (κ2) is 14.2. The van der Waals surface area contributed by atoms with Crippen LogP contribution in [0.1, 0.15) is 55.5 Å². The summed E-state index contributed by atoms with van der Waals surface area (Å²) in [6.07, 6.45) is -5.53. The van der Waals surface area contributed by atoms with Crippen molar-refractivity contribution in [1.29, 1.82) is 0 Å². The van der Waals surface area contributed by atoms with Crippen LogP contribution >= 0.6 is 0 Å². The average Bonchev–Trinajstić information content (AvgIpc) is 2.90. The van der Waals surface area contributed by atoms with Crippen molar-refractivity contribution >= 4 is 32.0 Å². The molecule has 2 aromatic carbocycles. The maximum Gasteiger partial charge on any atom is 0.303 e. The fourth-order valence-corrected chi connectivity index (χ4v) is 5.42. The summed E-state index contributed by atoms with van der Waals surface area (Å²) in [5.41, 5.74) is 6.88. The number of aryl methyl sites for hydroxylation is 1. The third-order valence-electron chi connectivity index (χ3n) is 6.63. The molecule has 11 heteroatoms. The lowest BCUT2D eigenvalue weighted by atomic mass is 9.83. The van der Waals surface area contributed by atoms with Crippen molar-refractivity contribution in [1.82, 2.24) is 0 Å². The molecule has 236 valence electrons. The van der Waals surface area contributed by atoms with Gasteiger partial charge in [-0.1, -0.05) is 61.5 Å². The summed E-state index contributed by atoms with van der Waals surface area (Å²) in [6.45, 7) is 12.5. The Labute approximate surface area is 259 Å². The van der Waals surface area contributed by atoms with Gasteiger partial charge in [-0.25, -0.2) is 0 Å². The van der Waals surface area contributed by atoms with E-state index >= 15 is 0 Å².